The van der Waals surface area contributed by atoms with E-state index in [9.17, 15) is 4.79 Å². The van der Waals surface area contributed by atoms with E-state index in [4.69, 9.17) is 0 Å². The summed E-state index contributed by atoms with van der Waals surface area (Å²) in [7, 11) is 0. The summed E-state index contributed by atoms with van der Waals surface area (Å²) in [6.45, 7) is 11.9. The van der Waals surface area contributed by atoms with Crippen LogP contribution in [0.4, 0.5) is 0 Å². The molecule has 3 unspecified atom stereocenters. The number of rotatable bonds is 5. The molecule has 4 nitrogen and oxygen atoms in total. The van der Waals surface area contributed by atoms with Gasteiger partial charge in [0.15, 0.2) is 0 Å². The molecular weight excluding hydrogens is 250 g/mol. The molecule has 2 aliphatic heterocycles. The number of amides is 1. The summed E-state index contributed by atoms with van der Waals surface area (Å²) in [4.78, 5) is 17.2. The van der Waals surface area contributed by atoms with E-state index in [1.54, 1.807) is 0 Å². The Hall–Kier alpha value is -0.610. The molecule has 4 heteroatoms. The number of likely N-dealkylation sites (tertiary alicyclic amines) is 1. The monoisotopic (exact) mass is 281 g/mol. The largest absolute Gasteiger partial charge is 0.324 e. The van der Waals surface area contributed by atoms with Crippen molar-refractivity contribution in [1.82, 2.24) is 15.1 Å². The van der Waals surface area contributed by atoms with Crippen LogP contribution in [0.5, 0.6) is 0 Å². The molecule has 3 atom stereocenters. The van der Waals surface area contributed by atoms with Crippen molar-refractivity contribution in [2.45, 2.75) is 71.6 Å². The van der Waals surface area contributed by atoms with Gasteiger partial charge in [-0.2, -0.15) is 0 Å². The number of hydrogen-bond donors (Lipinski definition) is 1. The van der Waals surface area contributed by atoms with E-state index >= 15 is 0 Å². The minimum absolute atomic E-state index is 0.00788. The van der Waals surface area contributed by atoms with Gasteiger partial charge in [-0.3, -0.25) is 15.0 Å². The molecule has 0 aromatic carbocycles. The maximum atomic E-state index is 12.6. The predicted molar refractivity (Wildman–Crippen MR) is 82.4 cm³/mol. The Bertz CT molecular complexity index is 326. The Morgan fingerprint density at radius 1 is 1.20 bits per heavy atom. The Balaban J connectivity index is 1.97. The second-order valence-corrected chi connectivity index (χ2v) is 6.75. The zero-order chi connectivity index (χ0) is 14.7. The minimum atomic E-state index is 0.00788. The molecule has 0 aromatic rings. The molecule has 1 amide bonds. The summed E-state index contributed by atoms with van der Waals surface area (Å²) in [5, 5.41) is 3.51. The van der Waals surface area contributed by atoms with Crippen molar-refractivity contribution in [3.05, 3.63) is 0 Å². The number of carbonyl (C=O) groups is 1. The Morgan fingerprint density at radius 3 is 2.40 bits per heavy atom. The topological polar surface area (TPSA) is 35.6 Å². The summed E-state index contributed by atoms with van der Waals surface area (Å²) in [5.74, 6) is 0.669. The van der Waals surface area contributed by atoms with Gasteiger partial charge < -0.3 is 4.90 Å². The number of carbonyl (C=O) groups excluding carboxylic acids is 1. The van der Waals surface area contributed by atoms with Crippen molar-refractivity contribution in [3.8, 4) is 0 Å². The van der Waals surface area contributed by atoms with E-state index in [1.165, 1.54) is 32.4 Å². The Kier molecular flexibility index (Phi) is 5.44. The molecular formula is C16H31N3O. The van der Waals surface area contributed by atoms with E-state index in [2.05, 4.69) is 42.8 Å². The van der Waals surface area contributed by atoms with E-state index < -0.39 is 0 Å². The van der Waals surface area contributed by atoms with Crippen LogP contribution in [0.25, 0.3) is 0 Å². The van der Waals surface area contributed by atoms with Crippen LogP contribution in [0.1, 0.15) is 53.4 Å². The van der Waals surface area contributed by atoms with Crippen LogP contribution in [-0.2, 0) is 4.79 Å². The highest BCUT2D eigenvalue weighted by Crippen LogP contribution is 2.21. The smallest absolute Gasteiger partial charge is 0.241 e. The minimum Gasteiger partial charge on any atom is -0.324 e. The molecule has 0 bridgehead atoms. The summed E-state index contributed by atoms with van der Waals surface area (Å²) in [5.41, 5.74) is 0. The maximum absolute atomic E-state index is 12.6. The highest BCUT2D eigenvalue weighted by atomic mass is 16.2. The Morgan fingerprint density at radius 2 is 1.85 bits per heavy atom. The fourth-order valence-corrected chi connectivity index (χ4v) is 3.49. The normalized spacial score (nSPS) is 30.2. The fraction of sp³-hybridized carbons (Fsp3) is 0.938. The quantitative estimate of drug-likeness (QED) is 0.838. The number of hydrogen-bond acceptors (Lipinski definition) is 3. The van der Waals surface area contributed by atoms with Crippen molar-refractivity contribution < 1.29 is 4.79 Å². The average molecular weight is 281 g/mol. The third-order valence-electron chi connectivity index (χ3n) is 4.83. The summed E-state index contributed by atoms with van der Waals surface area (Å²) in [6.07, 6.45) is 5.19. The molecule has 116 valence electrons. The molecule has 0 saturated carbocycles. The molecule has 0 spiro atoms. The van der Waals surface area contributed by atoms with E-state index in [-0.39, 0.29) is 12.2 Å². The summed E-state index contributed by atoms with van der Waals surface area (Å²) in [6, 6.07) is 0.481. The first-order chi connectivity index (χ1) is 9.54. The van der Waals surface area contributed by atoms with E-state index in [0.29, 0.717) is 17.9 Å². The molecule has 2 rings (SSSR count). The lowest BCUT2D eigenvalue weighted by atomic mass is 10.0. The van der Waals surface area contributed by atoms with Crippen molar-refractivity contribution in [1.29, 1.82) is 0 Å². The molecule has 2 saturated heterocycles. The lowest BCUT2D eigenvalue weighted by molar-refractivity contribution is -0.131. The molecule has 20 heavy (non-hydrogen) atoms. The second kappa shape index (κ2) is 6.90. The van der Waals surface area contributed by atoms with Gasteiger partial charge in [0.2, 0.25) is 5.91 Å². The number of piperidine rings is 1. The van der Waals surface area contributed by atoms with Gasteiger partial charge in [0.1, 0.15) is 0 Å². The lowest BCUT2D eigenvalue weighted by Crippen LogP contribution is -2.48. The summed E-state index contributed by atoms with van der Waals surface area (Å²) >= 11 is 0. The van der Waals surface area contributed by atoms with Crippen molar-refractivity contribution in [2.24, 2.45) is 5.92 Å². The van der Waals surface area contributed by atoms with Crippen molar-refractivity contribution in [3.63, 3.8) is 0 Å². The van der Waals surface area contributed by atoms with Crippen molar-refractivity contribution in [2.75, 3.05) is 19.6 Å². The molecule has 1 N–H and O–H groups in total. The van der Waals surface area contributed by atoms with E-state index in [1.807, 2.05) is 0 Å². The fourth-order valence-electron chi connectivity index (χ4n) is 3.49. The van der Waals surface area contributed by atoms with Crippen LogP contribution >= 0.6 is 0 Å². The van der Waals surface area contributed by atoms with Gasteiger partial charge in [0.25, 0.3) is 0 Å². The van der Waals surface area contributed by atoms with E-state index in [0.717, 1.165) is 13.0 Å². The Labute approximate surface area is 123 Å². The van der Waals surface area contributed by atoms with Crippen LogP contribution in [-0.4, -0.2) is 53.6 Å². The van der Waals surface area contributed by atoms with Gasteiger partial charge in [-0.15, -0.1) is 0 Å². The molecule has 0 aromatic heterocycles. The third kappa shape index (κ3) is 3.34. The summed E-state index contributed by atoms with van der Waals surface area (Å²) < 4.78 is 0. The highest BCUT2D eigenvalue weighted by Gasteiger charge is 2.40. The van der Waals surface area contributed by atoms with Gasteiger partial charge in [-0.05, 0) is 45.2 Å². The van der Waals surface area contributed by atoms with Gasteiger partial charge in [-0.1, -0.05) is 27.2 Å². The first-order valence-corrected chi connectivity index (χ1v) is 8.35. The van der Waals surface area contributed by atoms with Crippen molar-refractivity contribution >= 4 is 5.91 Å². The van der Waals surface area contributed by atoms with Crippen LogP contribution < -0.4 is 5.32 Å². The zero-order valence-corrected chi connectivity index (χ0v) is 13.6. The number of nitrogens with one attached hydrogen (secondary N) is 1. The SMILES string of the molecule is CCC1NC(C(C)C)C(=O)N1CC(C)N1CCCCC1. The molecule has 2 heterocycles. The maximum Gasteiger partial charge on any atom is 0.241 e. The number of nitrogens with zero attached hydrogens (tertiary/aromatic N) is 2. The van der Waals surface area contributed by atoms with Crippen LogP contribution in [0.3, 0.4) is 0 Å². The predicted octanol–water partition coefficient (Wildman–Crippen LogP) is 2.05. The first kappa shape index (κ1) is 15.8. The third-order valence-corrected chi connectivity index (χ3v) is 4.83. The van der Waals surface area contributed by atoms with Gasteiger partial charge >= 0.3 is 0 Å². The van der Waals surface area contributed by atoms with Crippen LogP contribution in [0.2, 0.25) is 0 Å². The average Bonchev–Trinajstić information content (AvgIpc) is 2.77. The highest BCUT2D eigenvalue weighted by molar-refractivity contribution is 5.84. The zero-order valence-electron chi connectivity index (χ0n) is 13.6. The molecule has 2 aliphatic rings. The van der Waals surface area contributed by atoms with Gasteiger partial charge in [0.05, 0.1) is 12.2 Å². The molecule has 2 fully saturated rings. The standard InChI is InChI=1S/C16H31N3O/c1-5-14-17-15(12(2)3)16(20)19(14)11-13(4)18-9-7-6-8-10-18/h12-15,17H,5-11H2,1-4H3. The molecule has 0 radical (unpaired) electrons. The van der Waals surface area contributed by atoms with Crippen LogP contribution in [0.15, 0.2) is 0 Å². The first-order valence-electron chi connectivity index (χ1n) is 8.35. The second-order valence-electron chi connectivity index (χ2n) is 6.75. The van der Waals surface area contributed by atoms with Crippen LogP contribution in [0, 0.1) is 5.92 Å². The van der Waals surface area contributed by atoms with Gasteiger partial charge in [-0.25, -0.2) is 0 Å². The lowest BCUT2D eigenvalue weighted by Gasteiger charge is -2.36. The van der Waals surface area contributed by atoms with Gasteiger partial charge in [0, 0.05) is 12.6 Å². The molecule has 0 aliphatic carbocycles.